The second-order valence-electron chi connectivity index (χ2n) is 5.18. The van der Waals surface area contributed by atoms with E-state index >= 15 is 0 Å². The molecule has 5 heteroatoms. The van der Waals surface area contributed by atoms with Crippen molar-refractivity contribution >= 4 is 18.3 Å². The minimum atomic E-state index is 0. The molecule has 1 aliphatic rings. The Bertz CT molecular complexity index is 413. The highest BCUT2D eigenvalue weighted by Crippen LogP contribution is 2.09. The molecule has 20 heavy (non-hydrogen) atoms. The fraction of sp³-hybridized carbons (Fsp3) is 0.533. The first-order valence-electron chi connectivity index (χ1n) is 6.98. The molecule has 0 saturated carbocycles. The second-order valence-corrected chi connectivity index (χ2v) is 5.18. The van der Waals surface area contributed by atoms with E-state index in [1.54, 1.807) is 0 Å². The minimum absolute atomic E-state index is 0. The third-order valence-electron chi connectivity index (χ3n) is 3.62. The Morgan fingerprint density at radius 3 is 2.65 bits per heavy atom. The lowest BCUT2D eigenvalue weighted by molar-refractivity contribution is -0.132. The van der Waals surface area contributed by atoms with Gasteiger partial charge < -0.3 is 10.6 Å². The van der Waals surface area contributed by atoms with Crippen molar-refractivity contribution in [1.29, 1.82) is 0 Å². The van der Waals surface area contributed by atoms with Crippen LogP contribution in [0, 0.1) is 0 Å². The number of carbonyl (C=O) groups is 1. The van der Waals surface area contributed by atoms with E-state index in [1.165, 1.54) is 5.56 Å². The molecule has 1 aliphatic heterocycles. The van der Waals surface area contributed by atoms with Gasteiger partial charge in [-0.05, 0) is 18.9 Å². The summed E-state index contributed by atoms with van der Waals surface area (Å²) in [7, 11) is 0. The van der Waals surface area contributed by atoms with Gasteiger partial charge in [-0.3, -0.25) is 9.69 Å². The summed E-state index contributed by atoms with van der Waals surface area (Å²) in [6, 6.07) is 10.4. The van der Waals surface area contributed by atoms with E-state index in [0.717, 1.165) is 26.1 Å². The molecular formula is C15H24ClN3O. The van der Waals surface area contributed by atoms with Gasteiger partial charge in [0.2, 0.25) is 5.91 Å². The highest BCUT2D eigenvalue weighted by atomic mass is 35.5. The molecule has 0 bridgehead atoms. The van der Waals surface area contributed by atoms with Crippen LogP contribution in [-0.4, -0.2) is 47.9 Å². The number of likely N-dealkylation sites (tertiary alicyclic amines) is 1. The molecule has 0 radical (unpaired) electrons. The minimum Gasteiger partial charge on any atom is -0.338 e. The van der Waals surface area contributed by atoms with Crippen molar-refractivity contribution in [2.24, 2.45) is 5.73 Å². The summed E-state index contributed by atoms with van der Waals surface area (Å²) in [4.78, 5) is 16.3. The van der Waals surface area contributed by atoms with Crippen molar-refractivity contribution in [3.05, 3.63) is 35.9 Å². The molecule has 2 N–H and O–H groups in total. The van der Waals surface area contributed by atoms with Crippen LogP contribution in [0.2, 0.25) is 0 Å². The molecule has 112 valence electrons. The number of likely N-dealkylation sites (N-methyl/N-ethyl adjacent to an activating group) is 1. The maximum atomic E-state index is 12.3. The van der Waals surface area contributed by atoms with Gasteiger partial charge in [0.1, 0.15) is 0 Å². The number of hydrogen-bond acceptors (Lipinski definition) is 3. The zero-order valence-electron chi connectivity index (χ0n) is 12.0. The molecule has 2 rings (SSSR count). The summed E-state index contributed by atoms with van der Waals surface area (Å²) >= 11 is 0. The molecular weight excluding hydrogens is 274 g/mol. The van der Waals surface area contributed by atoms with Crippen LogP contribution < -0.4 is 5.73 Å². The molecule has 1 amide bonds. The van der Waals surface area contributed by atoms with E-state index in [2.05, 4.69) is 17.0 Å². The van der Waals surface area contributed by atoms with Gasteiger partial charge in [-0.15, -0.1) is 12.4 Å². The van der Waals surface area contributed by atoms with Crippen molar-refractivity contribution in [1.82, 2.24) is 9.80 Å². The molecule has 1 saturated heterocycles. The van der Waals surface area contributed by atoms with Gasteiger partial charge in [-0.25, -0.2) is 0 Å². The van der Waals surface area contributed by atoms with Crippen LogP contribution in [0.25, 0.3) is 0 Å². The highest BCUT2D eigenvalue weighted by Gasteiger charge is 2.23. The van der Waals surface area contributed by atoms with Crippen LogP contribution in [0.3, 0.4) is 0 Å². The predicted octanol–water partition coefficient (Wildman–Crippen LogP) is 1.49. The summed E-state index contributed by atoms with van der Waals surface area (Å²) in [6.45, 7) is 5.74. The molecule has 0 aliphatic carbocycles. The van der Waals surface area contributed by atoms with Crippen LogP contribution >= 0.6 is 12.4 Å². The average Bonchev–Trinajstić information content (AvgIpc) is 2.82. The lowest BCUT2D eigenvalue weighted by atomic mass is 10.2. The quantitative estimate of drug-likeness (QED) is 0.896. The molecule has 4 nitrogen and oxygen atoms in total. The first kappa shape index (κ1) is 17.0. The first-order chi connectivity index (χ1) is 9.19. The number of nitrogens with zero attached hydrogens (tertiary/aromatic N) is 2. The normalized spacial score (nSPS) is 18.6. The molecule has 0 spiro atoms. The zero-order chi connectivity index (χ0) is 13.7. The SMILES string of the molecule is CCN(Cc1ccccc1)C(=O)CN1CC[C@H](N)C1.Cl. The third-order valence-corrected chi connectivity index (χ3v) is 3.62. The Morgan fingerprint density at radius 1 is 1.40 bits per heavy atom. The van der Waals surface area contributed by atoms with Crippen LogP contribution in [0.5, 0.6) is 0 Å². The van der Waals surface area contributed by atoms with E-state index < -0.39 is 0 Å². The largest absolute Gasteiger partial charge is 0.338 e. The van der Waals surface area contributed by atoms with Crippen LogP contribution in [0.1, 0.15) is 18.9 Å². The Labute approximate surface area is 127 Å². The number of nitrogens with two attached hydrogens (primary N) is 1. The van der Waals surface area contributed by atoms with E-state index in [4.69, 9.17) is 5.73 Å². The van der Waals surface area contributed by atoms with Crippen LogP contribution in [0.15, 0.2) is 30.3 Å². The van der Waals surface area contributed by atoms with Gasteiger partial charge in [0.05, 0.1) is 6.54 Å². The van der Waals surface area contributed by atoms with E-state index in [1.807, 2.05) is 30.0 Å². The summed E-state index contributed by atoms with van der Waals surface area (Å²) in [6.07, 6.45) is 0.998. The molecule has 1 atom stereocenters. The summed E-state index contributed by atoms with van der Waals surface area (Å²) in [5, 5.41) is 0. The maximum absolute atomic E-state index is 12.3. The van der Waals surface area contributed by atoms with Gasteiger partial charge in [-0.2, -0.15) is 0 Å². The molecule has 1 heterocycles. The van der Waals surface area contributed by atoms with Crippen LogP contribution in [-0.2, 0) is 11.3 Å². The van der Waals surface area contributed by atoms with E-state index in [-0.39, 0.29) is 24.4 Å². The lowest BCUT2D eigenvalue weighted by Gasteiger charge is -2.24. The standard InChI is InChI=1S/C15H23N3O.ClH/c1-2-18(10-13-6-4-3-5-7-13)15(19)12-17-9-8-14(16)11-17;/h3-7,14H,2,8-12,16H2,1H3;1H/t14-;/m0./s1. The van der Waals surface area contributed by atoms with Crippen molar-refractivity contribution in [3.63, 3.8) is 0 Å². The highest BCUT2D eigenvalue weighted by molar-refractivity contribution is 5.85. The summed E-state index contributed by atoms with van der Waals surface area (Å²) in [5.74, 6) is 0.195. The summed E-state index contributed by atoms with van der Waals surface area (Å²) < 4.78 is 0. The monoisotopic (exact) mass is 297 g/mol. The zero-order valence-corrected chi connectivity index (χ0v) is 12.8. The first-order valence-corrected chi connectivity index (χ1v) is 6.98. The third kappa shape index (κ3) is 4.78. The Balaban J connectivity index is 0.00000200. The van der Waals surface area contributed by atoms with Gasteiger partial charge in [-0.1, -0.05) is 30.3 Å². The van der Waals surface area contributed by atoms with Crippen molar-refractivity contribution in [2.75, 3.05) is 26.2 Å². The second kappa shape index (κ2) is 8.25. The van der Waals surface area contributed by atoms with Crippen molar-refractivity contribution in [3.8, 4) is 0 Å². The average molecular weight is 298 g/mol. The Hall–Kier alpha value is -1.10. The van der Waals surface area contributed by atoms with Gasteiger partial charge in [0, 0.05) is 32.2 Å². The lowest BCUT2D eigenvalue weighted by Crippen LogP contribution is -2.40. The number of hydrogen-bond donors (Lipinski definition) is 1. The molecule has 0 aromatic heterocycles. The van der Waals surface area contributed by atoms with Gasteiger partial charge >= 0.3 is 0 Å². The smallest absolute Gasteiger partial charge is 0.237 e. The number of rotatable bonds is 5. The van der Waals surface area contributed by atoms with E-state index in [0.29, 0.717) is 13.1 Å². The fourth-order valence-corrected chi connectivity index (χ4v) is 2.48. The van der Waals surface area contributed by atoms with Crippen LogP contribution in [0.4, 0.5) is 0 Å². The molecule has 1 aromatic carbocycles. The number of benzene rings is 1. The van der Waals surface area contributed by atoms with Crippen molar-refractivity contribution < 1.29 is 4.79 Å². The van der Waals surface area contributed by atoms with Gasteiger partial charge in [0.25, 0.3) is 0 Å². The summed E-state index contributed by atoms with van der Waals surface area (Å²) in [5.41, 5.74) is 7.04. The maximum Gasteiger partial charge on any atom is 0.237 e. The van der Waals surface area contributed by atoms with E-state index in [9.17, 15) is 4.79 Å². The fourth-order valence-electron chi connectivity index (χ4n) is 2.48. The number of amides is 1. The number of carbonyl (C=O) groups excluding carboxylic acids is 1. The predicted molar refractivity (Wildman–Crippen MR) is 83.8 cm³/mol. The Kier molecular flexibility index (Phi) is 6.99. The Morgan fingerprint density at radius 2 is 2.10 bits per heavy atom. The van der Waals surface area contributed by atoms with Crippen molar-refractivity contribution in [2.45, 2.75) is 25.9 Å². The number of halogens is 1. The molecule has 1 aromatic rings. The molecule has 1 fully saturated rings. The molecule has 0 unspecified atom stereocenters. The van der Waals surface area contributed by atoms with Gasteiger partial charge in [0.15, 0.2) is 0 Å². The topological polar surface area (TPSA) is 49.6 Å².